The van der Waals surface area contributed by atoms with Gasteiger partial charge < -0.3 is 15.2 Å². The molecule has 0 bridgehead atoms. The molecular formula is C21H31N5O2. The van der Waals surface area contributed by atoms with Crippen molar-refractivity contribution in [1.82, 2.24) is 20.4 Å². The van der Waals surface area contributed by atoms with Gasteiger partial charge in [-0.3, -0.25) is 4.90 Å². The van der Waals surface area contributed by atoms with Gasteiger partial charge in [0.05, 0.1) is 0 Å². The zero-order valence-electron chi connectivity index (χ0n) is 17.2. The van der Waals surface area contributed by atoms with Crippen LogP contribution in [0, 0.1) is 5.92 Å². The number of nitrogens with zero attached hydrogens (tertiary/aromatic N) is 3. The Bertz CT molecular complexity index is 771. The number of urea groups is 1. The average molecular weight is 386 g/mol. The highest BCUT2D eigenvalue weighted by molar-refractivity contribution is 5.89. The molecule has 152 valence electrons. The minimum Gasteiger partial charge on any atom is -0.336 e. The van der Waals surface area contributed by atoms with E-state index >= 15 is 0 Å². The van der Waals surface area contributed by atoms with E-state index in [9.17, 15) is 4.79 Å². The second-order valence-electron chi connectivity index (χ2n) is 8.12. The molecule has 2 aromatic rings. The van der Waals surface area contributed by atoms with Crippen LogP contribution < -0.4 is 10.6 Å². The number of nitrogens with one attached hydrogen (secondary N) is 2. The summed E-state index contributed by atoms with van der Waals surface area (Å²) in [4.78, 5) is 19.1. The smallest absolute Gasteiger partial charge is 0.319 e. The highest BCUT2D eigenvalue weighted by Crippen LogP contribution is 2.22. The van der Waals surface area contributed by atoms with E-state index in [0.717, 1.165) is 30.3 Å². The number of amides is 2. The Balaban J connectivity index is 1.48. The van der Waals surface area contributed by atoms with Gasteiger partial charge in [-0.15, -0.1) is 0 Å². The predicted molar refractivity (Wildman–Crippen MR) is 110 cm³/mol. The average Bonchev–Trinajstić information content (AvgIpc) is 3.17. The van der Waals surface area contributed by atoms with Crippen molar-refractivity contribution >= 4 is 11.7 Å². The van der Waals surface area contributed by atoms with Crippen LogP contribution >= 0.6 is 0 Å². The van der Waals surface area contributed by atoms with Crippen molar-refractivity contribution in [2.24, 2.45) is 5.92 Å². The van der Waals surface area contributed by atoms with Gasteiger partial charge in [-0.2, -0.15) is 4.98 Å². The highest BCUT2D eigenvalue weighted by Gasteiger charge is 2.21. The fraction of sp³-hybridized carbons (Fsp3) is 0.571. The molecule has 0 spiro atoms. The van der Waals surface area contributed by atoms with E-state index < -0.39 is 0 Å². The minimum absolute atomic E-state index is 0.190. The van der Waals surface area contributed by atoms with Crippen LogP contribution in [0.4, 0.5) is 10.5 Å². The number of aromatic nitrogens is 2. The Labute approximate surface area is 166 Å². The first kappa shape index (κ1) is 20.3. The largest absolute Gasteiger partial charge is 0.336 e. The van der Waals surface area contributed by atoms with E-state index in [4.69, 9.17) is 4.52 Å². The summed E-state index contributed by atoms with van der Waals surface area (Å²) in [6.07, 6.45) is 2.54. The molecule has 2 heterocycles. The molecule has 1 aliphatic rings. The maximum absolute atomic E-state index is 12.2. The van der Waals surface area contributed by atoms with E-state index in [1.54, 1.807) is 0 Å². The summed E-state index contributed by atoms with van der Waals surface area (Å²) in [7, 11) is 0. The van der Waals surface area contributed by atoms with Gasteiger partial charge in [0.1, 0.15) is 0 Å². The number of carbonyl (C=O) groups is 1. The lowest BCUT2D eigenvalue weighted by Gasteiger charge is -2.35. The van der Waals surface area contributed by atoms with Gasteiger partial charge in [-0.1, -0.05) is 25.9 Å². The third kappa shape index (κ3) is 5.32. The fourth-order valence-electron chi connectivity index (χ4n) is 3.45. The van der Waals surface area contributed by atoms with E-state index in [1.165, 1.54) is 12.8 Å². The van der Waals surface area contributed by atoms with E-state index in [-0.39, 0.29) is 11.9 Å². The van der Waals surface area contributed by atoms with Crippen LogP contribution in [0.2, 0.25) is 0 Å². The van der Waals surface area contributed by atoms with Crippen molar-refractivity contribution in [3.63, 3.8) is 0 Å². The van der Waals surface area contributed by atoms with Crippen LogP contribution in [0.5, 0.6) is 0 Å². The van der Waals surface area contributed by atoms with Gasteiger partial charge in [0, 0.05) is 36.3 Å². The number of carbonyl (C=O) groups excluding carboxylic acids is 1. The standard InChI is InChI=1S/C21H31N5O2/c1-14(2)19-24-20(28-25-19)17-7-9-18(10-8-17)23-21(27)22-12-16(4)26-11-5-6-15(3)13-26/h7-10,14-16H,5-6,11-13H2,1-4H3,(H2,22,23,27). The fourth-order valence-corrected chi connectivity index (χ4v) is 3.45. The molecule has 7 nitrogen and oxygen atoms in total. The minimum atomic E-state index is -0.190. The van der Waals surface area contributed by atoms with Crippen molar-refractivity contribution in [3.8, 4) is 11.5 Å². The van der Waals surface area contributed by atoms with Gasteiger partial charge in [-0.25, -0.2) is 4.79 Å². The lowest BCUT2D eigenvalue weighted by Crippen LogP contribution is -2.47. The molecule has 7 heteroatoms. The first-order valence-corrected chi connectivity index (χ1v) is 10.2. The van der Waals surface area contributed by atoms with Crippen LogP contribution in [-0.2, 0) is 0 Å². The Kier molecular flexibility index (Phi) is 6.67. The second kappa shape index (κ2) is 9.19. The number of hydrogen-bond acceptors (Lipinski definition) is 5. The molecule has 2 amide bonds. The summed E-state index contributed by atoms with van der Waals surface area (Å²) >= 11 is 0. The van der Waals surface area contributed by atoms with Gasteiger partial charge in [0.2, 0.25) is 0 Å². The second-order valence-corrected chi connectivity index (χ2v) is 8.12. The molecule has 0 aliphatic carbocycles. The zero-order valence-corrected chi connectivity index (χ0v) is 17.2. The van der Waals surface area contributed by atoms with Gasteiger partial charge in [0.25, 0.3) is 5.89 Å². The number of anilines is 1. The van der Waals surface area contributed by atoms with Crippen molar-refractivity contribution < 1.29 is 9.32 Å². The van der Waals surface area contributed by atoms with Crippen molar-refractivity contribution in [1.29, 1.82) is 0 Å². The number of piperidine rings is 1. The highest BCUT2D eigenvalue weighted by atomic mass is 16.5. The van der Waals surface area contributed by atoms with Crippen LogP contribution in [0.15, 0.2) is 28.8 Å². The maximum atomic E-state index is 12.2. The van der Waals surface area contributed by atoms with Crippen LogP contribution in [0.25, 0.3) is 11.5 Å². The van der Waals surface area contributed by atoms with Crippen molar-refractivity contribution in [2.75, 3.05) is 25.0 Å². The Hall–Kier alpha value is -2.41. The topological polar surface area (TPSA) is 83.3 Å². The number of likely N-dealkylation sites (tertiary alicyclic amines) is 1. The molecule has 2 atom stereocenters. The molecule has 2 N–H and O–H groups in total. The SMILES string of the molecule is CC1CCCN(C(C)CNC(=O)Nc2ccc(-c3nc(C(C)C)no3)cc2)C1. The summed E-state index contributed by atoms with van der Waals surface area (Å²) < 4.78 is 5.30. The molecular weight excluding hydrogens is 354 g/mol. The summed E-state index contributed by atoms with van der Waals surface area (Å²) in [5, 5.41) is 9.83. The molecule has 1 saturated heterocycles. The predicted octanol–water partition coefficient (Wildman–Crippen LogP) is 4.10. The lowest BCUT2D eigenvalue weighted by atomic mass is 9.99. The molecule has 0 radical (unpaired) electrons. The molecule has 1 fully saturated rings. The summed E-state index contributed by atoms with van der Waals surface area (Å²) in [6, 6.07) is 7.55. The van der Waals surface area contributed by atoms with Crippen molar-refractivity contribution in [3.05, 3.63) is 30.1 Å². The first-order chi connectivity index (χ1) is 13.4. The molecule has 28 heavy (non-hydrogen) atoms. The van der Waals surface area contributed by atoms with Gasteiger partial charge in [-0.05, 0) is 56.5 Å². The van der Waals surface area contributed by atoms with Crippen molar-refractivity contribution in [2.45, 2.75) is 52.5 Å². The Morgan fingerprint density at radius 2 is 2.04 bits per heavy atom. The van der Waals surface area contributed by atoms with Crippen LogP contribution in [-0.4, -0.2) is 46.7 Å². The van der Waals surface area contributed by atoms with E-state index in [1.807, 2.05) is 38.1 Å². The van der Waals surface area contributed by atoms with E-state index in [0.29, 0.717) is 24.3 Å². The van der Waals surface area contributed by atoms with E-state index in [2.05, 4.69) is 39.5 Å². The number of rotatable bonds is 6. The first-order valence-electron chi connectivity index (χ1n) is 10.2. The van der Waals surface area contributed by atoms with Gasteiger partial charge >= 0.3 is 6.03 Å². The summed E-state index contributed by atoms with van der Waals surface area (Å²) in [6.45, 7) is 11.4. The molecule has 2 unspecified atom stereocenters. The third-order valence-corrected chi connectivity index (χ3v) is 5.22. The normalized spacial score (nSPS) is 18.8. The number of hydrogen-bond donors (Lipinski definition) is 2. The third-order valence-electron chi connectivity index (χ3n) is 5.22. The molecule has 1 aliphatic heterocycles. The maximum Gasteiger partial charge on any atom is 0.319 e. The summed E-state index contributed by atoms with van der Waals surface area (Å²) in [5.74, 6) is 2.13. The Morgan fingerprint density at radius 3 is 2.68 bits per heavy atom. The molecule has 1 aromatic heterocycles. The zero-order chi connectivity index (χ0) is 20.1. The monoisotopic (exact) mass is 385 g/mol. The van der Waals surface area contributed by atoms with Crippen LogP contribution in [0.3, 0.4) is 0 Å². The lowest BCUT2D eigenvalue weighted by molar-refractivity contribution is 0.138. The Morgan fingerprint density at radius 1 is 1.29 bits per heavy atom. The molecule has 1 aromatic carbocycles. The quantitative estimate of drug-likeness (QED) is 0.782. The molecule has 3 rings (SSSR count). The summed E-state index contributed by atoms with van der Waals surface area (Å²) in [5.41, 5.74) is 1.56. The molecule has 0 saturated carbocycles. The number of benzene rings is 1. The van der Waals surface area contributed by atoms with Crippen LogP contribution in [0.1, 0.15) is 52.3 Å². The van der Waals surface area contributed by atoms with Gasteiger partial charge in [0.15, 0.2) is 5.82 Å².